The van der Waals surface area contributed by atoms with E-state index in [0.717, 1.165) is 10.2 Å². The van der Waals surface area contributed by atoms with Crippen molar-refractivity contribution in [2.75, 3.05) is 0 Å². The second-order valence-electron chi connectivity index (χ2n) is 4.56. The zero-order chi connectivity index (χ0) is 13.4. The third-order valence-corrected chi connectivity index (χ3v) is 5.49. The van der Waals surface area contributed by atoms with Crippen molar-refractivity contribution in [2.45, 2.75) is 57.9 Å². The zero-order valence-electron chi connectivity index (χ0n) is 10.8. The summed E-state index contributed by atoms with van der Waals surface area (Å²) in [6.07, 6.45) is 9.03. The smallest absolute Gasteiger partial charge is 0.0758 e. The maximum absolute atomic E-state index is 5.66. The summed E-state index contributed by atoms with van der Waals surface area (Å²) in [7, 11) is 0. The molecule has 0 aliphatic heterocycles. The highest BCUT2D eigenvalue weighted by atomic mass is 79.9. The Labute approximate surface area is 131 Å². The fraction of sp³-hybridized carbons (Fsp3) is 0.692. The normalized spacial score (nSPS) is 12.9. The molecule has 0 aromatic carbocycles. The summed E-state index contributed by atoms with van der Waals surface area (Å²) < 4.78 is 2.32. The number of unbranched alkanes of at least 4 members (excludes halogenated alkanes) is 5. The van der Waals surface area contributed by atoms with Gasteiger partial charge in [0, 0.05) is 6.04 Å². The van der Waals surface area contributed by atoms with E-state index in [1.54, 1.807) is 11.3 Å². The first-order valence-corrected chi connectivity index (χ1v) is 9.00. The summed E-state index contributed by atoms with van der Waals surface area (Å²) in [5.41, 5.74) is 4.20. The van der Waals surface area contributed by atoms with Crippen LogP contribution in [0.25, 0.3) is 0 Å². The molecule has 0 aliphatic carbocycles. The van der Waals surface area contributed by atoms with Crippen molar-refractivity contribution >= 4 is 43.2 Å². The fourth-order valence-electron chi connectivity index (χ4n) is 2.05. The van der Waals surface area contributed by atoms with E-state index >= 15 is 0 Å². The second kappa shape index (κ2) is 9.48. The number of nitrogens with one attached hydrogen (secondary N) is 1. The van der Waals surface area contributed by atoms with Crippen LogP contribution < -0.4 is 11.3 Å². The molecule has 0 aliphatic rings. The molecule has 1 unspecified atom stereocenters. The molecule has 18 heavy (non-hydrogen) atoms. The lowest BCUT2D eigenvalue weighted by Crippen LogP contribution is -2.27. The van der Waals surface area contributed by atoms with E-state index in [-0.39, 0.29) is 6.04 Å². The van der Waals surface area contributed by atoms with Crippen LogP contribution in [0.2, 0.25) is 0 Å². The van der Waals surface area contributed by atoms with Gasteiger partial charge < -0.3 is 0 Å². The lowest BCUT2D eigenvalue weighted by Gasteiger charge is -2.15. The Hall–Kier alpha value is 0.580. The van der Waals surface area contributed by atoms with Crippen LogP contribution in [0.5, 0.6) is 0 Å². The largest absolute Gasteiger partial charge is 0.271 e. The van der Waals surface area contributed by atoms with Crippen LogP contribution in [0.4, 0.5) is 0 Å². The van der Waals surface area contributed by atoms with Gasteiger partial charge in [-0.05, 0) is 49.9 Å². The molecular formula is C13H22Br2N2S. The Bertz CT molecular complexity index is 342. The van der Waals surface area contributed by atoms with Crippen LogP contribution in [0, 0.1) is 0 Å². The highest BCUT2D eigenvalue weighted by Crippen LogP contribution is 2.36. The Morgan fingerprint density at radius 2 is 1.89 bits per heavy atom. The molecule has 1 aromatic heterocycles. The molecule has 0 fully saturated rings. The third kappa shape index (κ3) is 5.70. The molecule has 0 saturated carbocycles. The Morgan fingerprint density at radius 1 is 1.22 bits per heavy atom. The van der Waals surface area contributed by atoms with Crippen LogP contribution in [0.1, 0.15) is 63.5 Å². The van der Waals surface area contributed by atoms with E-state index in [1.807, 2.05) is 0 Å². The van der Waals surface area contributed by atoms with Crippen LogP contribution in [0.3, 0.4) is 0 Å². The minimum atomic E-state index is 0.258. The van der Waals surface area contributed by atoms with Gasteiger partial charge >= 0.3 is 0 Å². The van der Waals surface area contributed by atoms with E-state index in [0.29, 0.717) is 0 Å². The van der Waals surface area contributed by atoms with Gasteiger partial charge in [0.2, 0.25) is 0 Å². The lowest BCUT2D eigenvalue weighted by atomic mass is 10.0. The minimum Gasteiger partial charge on any atom is -0.271 e. The van der Waals surface area contributed by atoms with E-state index < -0.39 is 0 Å². The molecule has 0 bridgehead atoms. The molecule has 0 radical (unpaired) electrons. The number of hydrazine groups is 1. The molecule has 3 N–H and O–H groups in total. The Morgan fingerprint density at radius 3 is 2.44 bits per heavy atom. The van der Waals surface area contributed by atoms with Gasteiger partial charge in [-0.3, -0.25) is 11.3 Å². The summed E-state index contributed by atoms with van der Waals surface area (Å²) >= 11 is 8.81. The number of hydrogen-bond donors (Lipinski definition) is 2. The second-order valence-corrected chi connectivity index (χ2v) is 8.30. The summed E-state index contributed by atoms with van der Waals surface area (Å²) in [6, 6.07) is 2.41. The van der Waals surface area contributed by atoms with E-state index in [2.05, 4.69) is 50.3 Å². The van der Waals surface area contributed by atoms with Gasteiger partial charge in [0.1, 0.15) is 0 Å². The van der Waals surface area contributed by atoms with Gasteiger partial charge in [0.15, 0.2) is 0 Å². The predicted octanol–water partition coefficient (Wildman–Crippen LogP) is 5.53. The summed E-state index contributed by atoms with van der Waals surface area (Å²) in [4.78, 5) is 0. The number of halogens is 2. The van der Waals surface area contributed by atoms with Crippen molar-refractivity contribution in [3.8, 4) is 0 Å². The molecule has 0 spiro atoms. The van der Waals surface area contributed by atoms with Crippen LogP contribution >= 0.6 is 43.2 Å². The number of nitrogens with two attached hydrogens (primary N) is 1. The van der Waals surface area contributed by atoms with Crippen LogP contribution in [0.15, 0.2) is 13.6 Å². The monoisotopic (exact) mass is 396 g/mol. The van der Waals surface area contributed by atoms with Crippen molar-refractivity contribution in [2.24, 2.45) is 5.84 Å². The number of thiophene rings is 1. The highest BCUT2D eigenvalue weighted by Gasteiger charge is 2.15. The molecule has 1 heterocycles. The molecule has 1 rings (SSSR count). The standard InChI is InChI=1S/C13H22Br2N2S/c1-2-3-4-5-6-7-8-11(17-16)10-9-12(14)18-13(10)15/h9,11,17H,2-8,16H2,1H3. The lowest BCUT2D eigenvalue weighted by molar-refractivity contribution is 0.477. The molecule has 0 saturated heterocycles. The van der Waals surface area contributed by atoms with E-state index in [9.17, 15) is 0 Å². The Balaban J connectivity index is 2.32. The van der Waals surface area contributed by atoms with Crippen LogP contribution in [-0.2, 0) is 0 Å². The van der Waals surface area contributed by atoms with Crippen molar-refractivity contribution in [1.82, 2.24) is 5.43 Å². The molecule has 0 amide bonds. The van der Waals surface area contributed by atoms with E-state index in [1.165, 1.54) is 47.9 Å². The molecule has 5 heteroatoms. The number of rotatable bonds is 9. The number of hydrogen-bond acceptors (Lipinski definition) is 3. The fourth-order valence-corrected chi connectivity index (χ4v) is 5.02. The Kier molecular flexibility index (Phi) is 8.76. The first kappa shape index (κ1) is 16.6. The summed E-state index contributed by atoms with van der Waals surface area (Å²) in [5, 5.41) is 0. The van der Waals surface area contributed by atoms with Crippen molar-refractivity contribution in [3.05, 3.63) is 19.2 Å². The van der Waals surface area contributed by atoms with Crippen LogP contribution in [-0.4, -0.2) is 0 Å². The molecule has 2 nitrogen and oxygen atoms in total. The maximum Gasteiger partial charge on any atom is 0.0758 e. The van der Waals surface area contributed by atoms with Crippen molar-refractivity contribution in [1.29, 1.82) is 0 Å². The summed E-state index contributed by atoms with van der Waals surface area (Å²) in [6.45, 7) is 2.25. The van der Waals surface area contributed by atoms with Gasteiger partial charge in [-0.1, -0.05) is 45.4 Å². The zero-order valence-corrected chi connectivity index (χ0v) is 14.8. The quantitative estimate of drug-likeness (QED) is 0.326. The molecule has 104 valence electrons. The topological polar surface area (TPSA) is 38.0 Å². The van der Waals surface area contributed by atoms with Crippen molar-refractivity contribution < 1.29 is 0 Å². The van der Waals surface area contributed by atoms with Gasteiger partial charge in [-0.25, -0.2) is 0 Å². The SMILES string of the molecule is CCCCCCCCC(NN)c1cc(Br)sc1Br. The highest BCUT2D eigenvalue weighted by molar-refractivity contribution is 9.12. The average Bonchev–Trinajstić information content (AvgIpc) is 2.68. The minimum absolute atomic E-state index is 0.258. The van der Waals surface area contributed by atoms with Gasteiger partial charge in [0.05, 0.1) is 7.57 Å². The molecule has 1 aromatic rings. The van der Waals surface area contributed by atoms with Crippen molar-refractivity contribution in [3.63, 3.8) is 0 Å². The van der Waals surface area contributed by atoms with E-state index in [4.69, 9.17) is 5.84 Å². The first-order valence-electron chi connectivity index (χ1n) is 6.59. The molecule has 1 atom stereocenters. The predicted molar refractivity (Wildman–Crippen MR) is 87.8 cm³/mol. The third-order valence-electron chi connectivity index (χ3n) is 3.11. The van der Waals surface area contributed by atoms with Gasteiger partial charge in [-0.15, -0.1) is 11.3 Å². The average molecular weight is 398 g/mol. The summed E-state index contributed by atoms with van der Waals surface area (Å²) in [5.74, 6) is 5.66. The van der Waals surface area contributed by atoms with Gasteiger partial charge in [0.25, 0.3) is 0 Å². The first-order chi connectivity index (χ1) is 8.69. The van der Waals surface area contributed by atoms with Gasteiger partial charge in [-0.2, -0.15) is 0 Å². The maximum atomic E-state index is 5.66. The molecular weight excluding hydrogens is 376 g/mol.